The van der Waals surface area contributed by atoms with Gasteiger partial charge in [-0.05, 0) is 57.5 Å². The van der Waals surface area contributed by atoms with Crippen LogP contribution in [-0.4, -0.2) is 68.7 Å². The first-order valence-electron chi connectivity index (χ1n) is 11.1. The minimum atomic E-state index is -0.505. The van der Waals surface area contributed by atoms with Gasteiger partial charge in [0.25, 0.3) is 0 Å². The van der Waals surface area contributed by atoms with Gasteiger partial charge in [0.2, 0.25) is 0 Å². The first-order chi connectivity index (χ1) is 14.1. The van der Waals surface area contributed by atoms with Gasteiger partial charge >= 0.3 is 0 Å². The average Bonchev–Trinajstić information content (AvgIpc) is 2.68. The molecule has 0 aliphatic carbocycles. The van der Waals surface area contributed by atoms with Gasteiger partial charge in [-0.15, -0.1) is 0 Å². The molecular formula is C23H40N2O4. The monoisotopic (exact) mass is 408 g/mol. The van der Waals surface area contributed by atoms with Gasteiger partial charge in [-0.1, -0.05) is 25.3 Å². The van der Waals surface area contributed by atoms with Crippen LogP contribution < -0.4 is 14.8 Å². The molecule has 0 bridgehead atoms. The van der Waals surface area contributed by atoms with Gasteiger partial charge in [0.15, 0.2) is 11.5 Å². The third-order valence-corrected chi connectivity index (χ3v) is 5.14. The van der Waals surface area contributed by atoms with Crippen molar-refractivity contribution in [3.05, 3.63) is 23.8 Å². The number of benzene rings is 1. The molecule has 1 fully saturated rings. The zero-order valence-corrected chi connectivity index (χ0v) is 18.5. The smallest absolute Gasteiger partial charge is 0.161 e. The Hall–Kier alpha value is -1.34. The van der Waals surface area contributed by atoms with E-state index in [9.17, 15) is 5.11 Å². The summed E-state index contributed by atoms with van der Waals surface area (Å²) in [5.74, 6) is 1.37. The molecule has 6 heteroatoms. The molecule has 0 radical (unpaired) electrons. The minimum absolute atomic E-state index is 0.253. The molecule has 1 aliphatic heterocycles. The molecule has 0 spiro atoms. The van der Waals surface area contributed by atoms with Crippen LogP contribution in [0.1, 0.15) is 51.5 Å². The Morgan fingerprint density at radius 1 is 1.07 bits per heavy atom. The lowest BCUT2D eigenvalue weighted by Gasteiger charge is -2.26. The maximum atomic E-state index is 10.5. The van der Waals surface area contributed by atoms with Crippen LogP contribution in [0.15, 0.2) is 18.2 Å². The molecule has 0 saturated carbocycles. The van der Waals surface area contributed by atoms with Crippen molar-refractivity contribution < 1.29 is 19.3 Å². The van der Waals surface area contributed by atoms with Crippen molar-refractivity contribution in [2.24, 2.45) is 0 Å². The lowest BCUT2D eigenvalue weighted by molar-refractivity contribution is 0.0644. The predicted molar refractivity (Wildman–Crippen MR) is 117 cm³/mol. The van der Waals surface area contributed by atoms with Crippen molar-refractivity contribution in [2.75, 3.05) is 46.5 Å². The number of ether oxygens (including phenoxy) is 3. The fraction of sp³-hybridized carbons (Fsp3) is 0.739. The van der Waals surface area contributed by atoms with Crippen molar-refractivity contribution in [3.8, 4) is 11.5 Å². The highest BCUT2D eigenvalue weighted by Crippen LogP contribution is 2.28. The third kappa shape index (κ3) is 9.81. The summed E-state index contributed by atoms with van der Waals surface area (Å²) >= 11 is 0. The number of methoxy groups -OCH3 is 1. The molecule has 0 unspecified atom stereocenters. The van der Waals surface area contributed by atoms with E-state index in [1.165, 1.54) is 32.1 Å². The van der Waals surface area contributed by atoms with E-state index in [4.69, 9.17) is 14.2 Å². The molecule has 0 amide bonds. The zero-order chi connectivity index (χ0) is 20.9. The van der Waals surface area contributed by atoms with E-state index in [0.29, 0.717) is 24.7 Å². The Kier molecular flexibility index (Phi) is 11.4. The number of nitrogens with zero attached hydrogens (tertiary/aromatic N) is 1. The summed E-state index contributed by atoms with van der Waals surface area (Å²) in [7, 11) is 1.64. The lowest BCUT2D eigenvalue weighted by atomic mass is 10.1. The Labute approximate surface area is 176 Å². The second-order valence-corrected chi connectivity index (χ2v) is 8.11. The summed E-state index contributed by atoms with van der Waals surface area (Å²) in [5, 5.41) is 13.8. The summed E-state index contributed by atoms with van der Waals surface area (Å²) in [4.78, 5) is 2.37. The summed E-state index contributed by atoms with van der Waals surface area (Å²) in [6.45, 7) is 9.38. The summed E-state index contributed by atoms with van der Waals surface area (Å²) in [6, 6.07) is 5.93. The number of nitrogens with one attached hydrogen (secondary N) is 1. The van der Waals surface area contributed by atoms with Gasteiger partial charge in [-0.25, -0.2) is 0 Å². The number of hydrogen-bond acceptors (Lipinski definition) is 6. The van der Waals surface area contributed by atoms with E-state index in [1.807, 2.05) is 32.0 Å². The van der Waals surface area contributed by atoms with E-state index < -0.39 is 6.10 Å². The standard InChI is InChI=1S/C23H40N2O4/c1-19(2)28-14-11-24-16-20-9-10-22(27-3)23(15-20)29-18-21(26)17-25-12-7-5-4-6-8-13-25/h9-10,15,19,21,24,26H,4-8,11-14,16-18H2,1-3H3/t21-/m1/s1. The van der Waals surface area contributed by atoms with Crippen LogP contribution in [0, 0.1) is 0 Å². The number of β-amino-alcohol motifs (C(OH)–C–C–N with tert-alkyl or cyclic N) is 1. The molecule has 1 aromatic carbocycles. The normalized spacial score (nSPS) is 17.0. The van der Waals surface area contributed by atoms with Crippen molar-refractivity contribution >= 4 is 0 Å². The molecule has 1 heterocycles. The molecule has 0 aromatic heterocycles. The summed E-state index contributed by atoms with van der Waals surface area (Å²) in [5.41, 5.74) is 1.11. The van der Waals surface area contributed by atoms with Gasteiger partial charge in [-0.2, -0.15) is 0 Å². The molecule has 1 aliphatic rings. The van der Waals surface area contributed by atoms with Crippen LogP contribution in [0.3, 0.4) is 0 Å². The van der Waals surface area contributed by atoms with Gasteiger partial charge in [0, 0.05) is 19.6 Å². The second kappa shape index (κ2) is 13.8. The number of aliphatic hydroxyl groups excluding tert-OH is 1. The molecule has 166 valence electrons. The first-order valence-corrected chi connectivity index (χ1v) is 11.1. The maximum absolute atomic E-state index is 10.5. The van der Waals surface area contributed by atoms with Gasteiger partial charge < -0.3 is 29.5 Å². The topological polar surface area (TPSA) is 63.2 Å². The minimum Gasteiger partial charge on any atom is -0.493 e. The van der Waals surface area contributed by atoms with Crippen LogP contribution in [-0.2, 0) is 11.3 Å². The molecule has 1 atom stereocenters. The summed E-state index contributed by atoms with van der Waals surface area (Å²) in [6.07, 6.45) is 6.12. The SMILES string of the molecule is COc1ccc(CNCCOC(C)C)cc1OC[C@H](O)CN1CCCCCCC1. The summed E-state index contributed by atoms with van der Waals surface area (Å²) < 4.78 is 16.9. The number of aliphatic hydroxyl groups is 1. The van der Waals surface area contributed by atoms with Gasteiger partial charge in [0.1, 0.15) is 12.7 Å². The highest BCUT2D eigenvalue weighted by molar-refractivity contribution is 5.43. The Morgan fingerprint density at radius 3 is 2.48 bits per heavy atom. The quantitative estimate of drug-likeness (QED) is 0.518. The van der Waals surface area contributed by atoms with E-state index >= 15 is 0 Å². The zero-order valence-electron chi connectivity index (χ0n) is 18.5. The lowest BCUT2D eigenvalue weighted by Crippen LogP contribution is -2.37. The Morgan fingerprint density at radius 2 is 1.79 bits per heavy atom. The molecule has 6 nitrogen and oxygen atoms in total. The Bertz CT molecular complexity index is 560. The average molecular weight is 409 g/mol. The number of rotatable bonds is 12. The van der Waals surface area contributed by atoms with Crippen LogP contribution >= 0.6 is 0 Å². The van der Waals surface area contributed by atoms with Crippen LogP contribution in [0.5, 0.6) is 11.5 Å². The molecule has 1 aromatic rings. The highest BCUT2D eigenvalue weighted by Gasteiger charge is 2.15. The molecular weight excluding hydrogens is 368 g/mol. The molecule has 1 saturated heterocycles. The molecule has 2 rings (SSSR count). The molecule has 2 N–H and O–H groups in total. The number of likely N-dealkylation sites (tertiary alicyclic amines) is 1. The van der Waals surface area contributed by atoms with Crippen molar-refractivity contribution in [1.82, 2.24) is 10.2 Å². The number of hydrogen-bond donors (Lipinski definition) is 2. The van der Waals surface area contributed by atoms with Gasteiger partial charge in [0.05, 0.1) is 19.8 Å². The fourth-order valence-corrected chi connectivity index (χ4v) is 3.58. The Balaban J connectivity index is 1.79. The second-order valence-electron chi connectivity index (χ2n) is 8.11. The largest absolute Gasteiger partial charge is 0.493 e. The van der Waals surface area contributed by atoms with E-state index in [0.717, 1.165) is 31.7 Å². The van der Waals surface area contributed by atoms with Crippen LogP contribution in [0.4, 0.5) is 0 Å². The van der Waals surface area contributed by atoms with E-state index in [2.05, 4.69) is 10.2 Å². The fourth-order valence-electron chi connectivity index (χ4n) is 3.58. The highest BCUT2D eigenvalue weighted by atomic mass is 16.5. The maximum Gasteiger partial charge on any atom is 0.161 e. The van der Waals surface area contributed by atoms with Crippen LogP contribution in [0.2, 0.25) is 0 Å². The van der Waals surface area contributed by atoms with Crippen molar-refractivity contribution in [2.45, 2.75) is 64.7 Å². The van der Waals surface area contributed by atoms with E-state index in [-0.39, 0.29) is 12.7 Å². The van der Waals surface area contributed by atoms with E-state index in [1.54, 1.807) is 7.11 Å². The third-order valence-electron chi connectivity index (χ3n) is 5.14. The predicted octanol–water partition coefficient (Wildman–Crippen LogP) is 3.22. The van der Waals surface area contributed by atoms with Crippen LogP contribution in [0.25, 0.3) is 0 Å². The molecule has 29 heavy (non-hydrogen) atoms. The van der Waals surface area contributed by atoms with Gasteiger partial charge in [-0.3, -0.25) is 0 Å². The van der Waals surface area contributed by atoms with Crippen molar-refractivity contribution in [3.63, 3.8) is 0 Å². The van der Waals surface area contributed by atoms with Crippen molar-refractivity contribution in [1.29, 1.82) is 0 Å². The first kappa shape index (κ1) is 23.9.